The van der Waals surface area contributed by atoms with Crippen molar-refractivity contribution in [2.45, 2.75) is 44.6 Å². The molecular formula is C18H20ClF3N4O2. The Labute approximate surface area is 165 Å². The lowest BCUT2D eigenvalue weighted by atomic mass is 9.97. The zero-order valence-electron chi connectivity index (χ0n) is 15.5. The van der Waals surface area contributed by atoms with E-state index >= 15 is 0 Å². The number of methoxy groups -OCH3 is 1. The van der Waals surface area contributed by atoms with Crippen LogP contribution in [0.3, 0.4) is 0 Å². The largest absolute Gasteiger partial charge is 0.497 e. The number of carbonyl (C=O) groups excluding carboxylic acids is 1. The number of aromatic nitrogens is 2. The van der Waals surface area contributed by atoms with Crippen LogP contribution in [0.1, 0.15) is 48.4 Å². The van der Waals surface area contributed by atoms with Crippen molar-refractivity contribution in [3.8, 4) is 5.75 Å². The summed E-state index contributed by atoms with van der Waals surface area (Å²) >= 11 is 6.24. The molecule has 1 aromatic carbocycles. The van der Waals surface area contributed by atoms with Gasteiger partial charge in [0.05, 0.1) is 13.2 Å². The Balaban J connectivity index is 2.01. The molecule has 0 saturated carbocycles. The van der Waals surface area contributed by atoms with Gasteiger partial charge in [0.1, 0.15) is 16.6 Å². The number of nitrogens with zero attached hydrogens (tertiary/aromatic N) is 2. The second-order valence-corrected chi connectivity index (χ2v) is 7.23. The van der Waals surface area contributed by atoms with Gasteiger partial charge < -0.3 is 15.4 Å². The fraction of sp³-hybridized carbons (Fsp3) is 0.444. The zero-order valence-corrected chi connectivity index (χ0v) is 16.2. The Hall–Kier alpha value is -2.42. The number of halogens is 4. The third-order valence-electron chi connectivity index (χ3n) is 4.45. The van der Waals surface area contributed by atoms with Crippen LogP contribution in [0.25, 0.3) is 0 Å². The molecule has 1 amide bonds. The van der Waals surface area contributed by atoms with E-state index in [0.717, 1.165) is 4.68 Å². The van der Waals surface area contributed by atoms with Crippen LogP contribution >= 0.6 is 11.6 Å². The van der Waals surface area contributed by atoms with E-state index < -0.39 is 24.2 Å². The molecule has 10 heteroatoms. The number of nitrogens with one attached hydrogen (secondary N) is 2. The summed E-state index contributed by atoms with van der Waals surface area (Å²) in [6, 6.07) is 3.96. The van der Waals surface area contributed by atoms with E-state index in [0.29, 0.717) is 11.3 Å². The number of carbonyl (C=O) groups is 1. The maximum absolute atomic E-state index is 13.7. The number of hydrogen-bond acceptors (Lipinski definition) is 4. The van der Waals surface area contributed by atoms with Gasteiger partial charge in [-0.3, -0.25) is 4.79 Å². The normalized spacial score (nSPS) is 19.1. The van der Waals surface area contributed by atoms with Crippen LogP contribution in [0.5, 0.6) is 5.75 Å². The van der Waals surface area contributed by atoms with Gasteiger partial charge >= 0.3 is 6.18 Å². The first-order valence-corrected chi connectivity index (χ1v) is 9.05. The quantitative estimate of drug-likeness (QED) is 0.777. The molecule has 2 heterocycles. The van der Waals surface area contributed by atoms with Crippen LogP contribution in [0.2, 0.25) is 5.02 Å². The van der Waals surface area contributed by atoms with Gasteiger partial charge in [0.25, 0.3) is 5.91 Å². The molecule has 0 aliphatic carbocycles. The van der Waals surface area contributed by atoms with E-state index in [4.69, 9.17) is 16.3 Å². The summed E-state index contributed by atoms with van der Waals surface area (Å²) in [5, 5.41) is 9.34. The van der Waals surface area contributed by atoms with Crippen LogP contribution in [-0.4, -0.2) is 35.0 Å². The number of hydrogen-bond donors (Lipinski definition) is 2. The van der Waals surface area contributed by atoms with Gasteiger partial charge in [-0.1, -0.05) is 23.7 Å². The van der Waals surface area contributed by atoms with Crippen molar-refractivity contribution >= 4 is 23.3 Å². The molecule has 1 aliphatic heterocycles. The summed E-state index contributed by atoms with van der Waals surface area (Å²) in [5.41, 5.74) is 0.411. The fourth-order valence-corrected chi connectivity index (χ4v) is 3.38. The lowest BCUT2D eigenvalue weighted by molar-refractivity contribution is -0.173. The minimum atomic E-state index is -4.55. The second kappa shape index (κ2) is 7.54. The molecule has 2 aromatic rings. The third kappa shape index (κ3) is 3.89. The minimum Gasteiger partial charge on any atom is -0.497 e. The van der Waals surface area contributed by atoms with Crippen molar-refractivity contribution in [3.63, 3.8) is 0 Å². The topological polar surface area (TPSA) is 68.2 Å². The summed E-state index contributed by atoms with van der Waals surface area (Å²) in [6.45, 7) is 3.47. The van der Waals surface area contributed by atoms with Gasteiger partial charge in [-0.2, -0.15) is 18.3 Å². The standard InChI is InChI=1S/C18H20ClF3N4O2/c1-9(2)23-17(27)15-14(19)16-24-12(10-4-6-11(28-3)7-5-10)8-13(18(20,21)22)26(16)25-15/h4-7,9,12-13,24H,8H2,1-3H3,(H,23,27). The number of rotatable bonds is 4. The van der Waals surface area contributed by atoms with Crippen LogP contribution in [0.15, 0.2) is 24.3 Å². The SMILES string of the molecule is COc1ccc(C2CC(C(F)(F)F)n3nc(C(=O)NC(C)C)c(Cl)c3N2)cc1. The lowest BCUT2D eigenvalue weighted by Gasteiger charge is -2.33. The molecule has 2 N–H and O–H groups in total. The molecule has 0 bridgehead atoms. The molecule has 0 spiro atoms. The van der Waals surface area contributed by atoms with E-state index in [1.54, 1.807) is 38.1 Å². The van der Waals surface area contributed by atoms with Gasteiger partial charge in [0, 0.05) is 12.5 Å². The third-order valence-corrected chi connectivity index (χ3v) is 4.81. The predicted octanol–water partition coefficient (Wildman–Crippen LogP) is 4.34. The van der Waals surface area contributed by atoms with E-state index in [2.05, 4.69) is 15.7 Å². The highest BCUT2D eigenvalue weighted by Crippen LogP contribution is 2.46. The van der Waals surface area contributed by atoms with Gasteiger partial charge in [-0.25, -0.2) is 4.68 Å². The molecule has 1 aromatic heterocycles. The Bertz CT molecular complexity index is 865. The van der Waals surface area contributed by atoms with E-state index in [1.165, 1.54) is 7.11 Å². The van der Waals surface area contributed by atoms with Gasteiger partial charge in [0.2, 0.25) is 0 Å². The summed E-state index contributed by atoms with van der Waals surface area (Å²) in [5.74, 6) is -0.0433. The Morgan fingerprint density at radius 2 is 2.00 bits per heavy atom. The Kier molecular flexibility index (Phi) is 5.47. The van der Waals surface area contributed by atoms with Crippen molar-refractivity contribution in [1.82, 2.24) is 15.1 Å². The fourth-order valence-electron chi connectivity index (χ4n) is 3.12. The molecule has 0 saturated heterocycles. The highest BCUT2D eigenvalue weighted by molar-refractivity contribution is 6.36. The maximum Gasteiger partial charge on any atom is 0.410 e. The molecule has 2 unspecified atom stereocenters. The predicted molar refractivity (Wildman–Crippen MR) is 98.9 cm³/mol. The van der Waals surface area contributed by atoms with Gasteiger partial charge in [-0.05, 0) is 31.5 Å². The molecule has 3 rings (SSSR count). The highest BCUT2D eigenvalue weighted by Gasteiger charge is 2.47. The zero-order chi connectivity index (χ0) is 20.6. The summed E-state index contributed by atoms with van der Waals surface area (Å²) < 4.78 is 47.0. The smallest absolute Gasteiger partial charge is 0.410 e. The van der Waals surface area contributed by atoms with E-state index in [9.17, 15) is 18.0 Å². The molecule has 2 atom stereocenters. The van der Waals surface area contributed by atoms with Crippen LogP contribution in [0, 0.1) is 0 Å². The maximum atomic E-state index is 13.7. The number of fused-ring (bicyclic) bond motifs is 1. The number of alkyl halides is 3. The van der Waals surface area contributed by atoms with Gasteiger partial charge in [-0.15, -0.1) is 0 Å². The minimum absolute atomic E-state index is 0.0232. The van der Waals surface area contributed by atoms with Crippen molar-refractivity contribution in [2.24, 2.45) is 0 Å². The Morgan fingerprint density at radius 1 is 1.36 bits per heavy atom. The number of benzene rings is 1. The summed E-state index contributed by atoms with van der Waals surface area (Å²) in [7, 11) is 1.51. The van der Waals surface area contributed by atoms with Gasteiger partial charge in [0.15, 0.2) is 11.7 Å². The molecule has 28 heavy (non-hydrogen) atoms. The summed E-state index contributed by atoms with van der Waals surface area (Å²) in [6.07, 6.45) is -4.84. The molecule has 6 nitrogen and oxygen atoms in total. The van der Waals surface area contributed by atoms with Crippen molar-refractivity contribution in [1.29, 1.82) is 0 Å². The number of anilines is 1. The van der Waals surface area contributed by atoms with E-state index in [1.807, 2.05) is 0 Å². The molecular weight excluding hydrogens is 397 g/mol. The summed E-state index contributed by atoms with van der Waals surface area (Å²) in [4.78, 5) is 12.3. The molecule has 0 radical (unpaired) electrons. The Morgan fingerprint density at radius 3 is 2.54 bits per heavy atom. The lowest BCUT2D eigenvalue weighted by Crippen LogP contribution is -2.36. The molecule has 1 aliphatic rings. The van der Waals surface area contributed by atoms with Crippen molar-refractivity contribution in [2.75, 3.05) is 12.4 Å². The first kappa shape index (κ1) is 20.3. The monoisotopic (exact) mass is 416 g/mol. The van der Waals surface area contributed by atoms with Crippen molar-refractivity contribution in [3.05, 3.63) is 40.5 Å². The van der Waals surface area contributed by atoms with Crippen molar-refractivity contribution < 1.29 is 22.7 Å². The van der Waals surface area contributed by atoms with E-state index in [-0.39, 0.29) is 29.0 Å². The average Bonchev–Trinajstić information content (AvgIpc) is 2.96. The van der Waals surface area contributed by atoms with Crippen LogP contribution in [-0.2, 0) is 0 Å². The van der Waals surface area contributed by atoms with Crippen LogP contribution < -0.4 is 15.4 Å². The highest BCUT2D eigenvalue weighted by atomic mass is 35.5. The number of amides is 1. The second-order valence-electron chi connectivity index (χ2n) is 6.85. The number of ether oxygens (including phenoxy) is 1. The first-order chi connectivity index (χ1) is 13.1. The average molecular weight is 417 g/mol. The first-order valence-electron chi connectivity index (χ1n) is 8.68. The molecule has 0 fully saturated rings. The molecule has 152 valence electrons. The van der Waals surface area contributed by atoms with Crippen LogP contribution in [0.4, 0.5) is 19.0 Å².